The molecule has 0 aliphatic heterocycles. The largest absolute Gasteiger partial charge is 0.296 e. The monoisotopic (exact) mass is 313 g/mol. The third-order valence-electron chi connectivity index (χ3n) is 3.77. The summed E-state index contributed by atoms with van der Waals surface area (Å²) in [5.41, 5.74) is 2.64. The van der Waals surface area contributed by atoms with Crippen LogP contribution in [-0.4, -0.2) is 14.5 Å². The van der Waals surface area contributed by atoms with Crippen molar-refractivity contribution in [3.05, 3.63) is 69.5 Å². The second-order valence-corrected chi connectivity index (χ2v) is 5.93. The molecule has 0 saturated carbocycles. The normalized spacial score (nSPS) is 12.5. The van der Waals surface area contributed by atoms with Crippen LogP contribution in [0.2, 0.25) is 5.02 Å². The van der Waals surface area contributed by atoms with E-state index in [9.17, 15) is 4.79 Å². The van der Waals surface area contributed by atoms with Gasteiger partial charge >= 0.3 is 0 Å². The predicted molar refractivity (Wildman–Crippen MR) is 88.4 cm³/mol. The summed E-state index contributed by atoms with van der Waals surface area (Å²) in [5, 5.41) is 1.12. The van der Waals surface area contributed by atoms with Gasteiger partial charge < -0.3 is 0 Å². The van der Waals surface area contributed by atoms with E-state index >= 15 is 0 Å². The molecule has 1 aromatic carbocycles. The Labute approximate surface area is 133 Å². The highest BCUT2D eigenvalue weighted by Crippen LogP contribution is 2.20. The maximum absolute atomic E-state index is 12.7. The molecule has 0 radical (unpaired) electrons. The molecule has 0 N–H and O–H groups in total. The van der Waals surface area contributed by atoms with Gasteiger partial charge in [-0.25, -0.2) is 4.98 Å². The van der Waals surface area contributed by atoms with Crippen LogP contribution >= 0.6 is 11.6 Å². The van der Waals surface area contributed by atoms with E-state index in [1.807, 2.05) is 38.2 Å². The molecule has 0 aliphatic carbocycles. The van der Waals surface area contributed by atoms with Crippen LogP contribution in [0.1, 0.15) is 24.1 Å². The summed E-state index contributed by atoms with van der Waals surface area (Å²) in [6.45, 7) is 3.91. The molecular formula is C17H16ClN3O. The maximum Gasteiger partial charge on any atom is 0.261 e. The van der Waals surface area contributed by atoms with Gasteiger partial charge in [-0.15, -0.1) is 0 Å². The molecule has 112 valence electrons. The smallest absolute Gasteiger partial charge is 0.261 e. The molecular weight excluding hydrogens is 298 g/mol. The quantitative estimate of drug-likeness (QED) is 0.743. The molecule has 0 saturated heterocycles. The van der Waals surface area contributed by atoms with Crippen LogP contribution in [0.25, 0.3) is 10.9 Å². The summed E-state index contributed by atoms with van der Waals surface area (Å²) in [7, 11) is 0. The molecule has 0 aliphatic rings. The van der Waals surface area contributed by atoms with Crippen molar-refractivity contribution in [2.24, 2.45) is 0 Å². The Bertz CT molecular complexity index is 874. The van der Waals surface area contributed by atoms with Crippen molar-refractivity contribution in [3.8, 4) is 0 Å². The zero-order valence-corrected chi connectivity index (χ0v) is 13.2. The molecule has 0 unspecified atom stereocenters. The molecule has 0 spiro atoms. The fourth-order valence-corrected chi connectivity index (χ4v) is 2.93. The lowest BCUT2D eigenvalue weighted by molar-refractivity contribution is 0.522. The van der Waals surface area contributed by atoms with Gasteiger partial charge in [-0.3, -0.25) is 14.3 Å². The Kier molecular flexibility index (Phi) is 3.94. The molecule has 0 amide bonds. The molecule has 2 aromatic heterocycles. The highest BCUT2D eigenvalue weighted by molar-refractivity contribution is 6.31. The number of aryl methyl sites for hydroxylation is 1. The first-order chi connectivity index (χ1) is 10.6. The zero-order valence-electron chi connectivity index (χ0n) is 12.5. The van der Waals surface area contributed by atoms with E-state index in [1.54, 1.807) is 23.2 Å². The molecule has 4 nitrogen and oxygen atoms in total. The second-order valence-electron chi connectivity index (χ2n) is 5.49. The van der Waals surface area contributed by atoms with Crippen molar-refractivity contribution in [2.75, 3.05) is 0 Å². The summed E-state index contributed by atoms with van der Waals surface area (Å²) in [5.74, 6) is 0. The molecule has 0 bridgehead atoms. The number of pyridine rings is 1. The third kappa shape index (κ3) is 2.74. The van der Waals surface area contributed by atoms with Gasteiger partial charge in [-0.2, -0.15) is 0 Å². The van der Waals surface area contributed by atoms with E-state index in [4.69, 9.17) is 11.6 Å². The van der Waals surface area contributed by atoms with Gasteiger partial charge in [-0.05, 0) is 49.6 Å². The Morgan fingerprint density at radius 3 is 2.91 bits per heavy atom. The summed E-state index contributed by atoms with van der Waals surface area (Å²) < 4.78 is 1.66. The first kappa shape index (κ1) is 14.7. The summed E-state index contributed by atoms with van der Waals surface area (Å²) >= 11 is 6.07. The highest BCUT2D eigenvalue weighted by Gasteiger charge is 2.12. The van der Waals surface area contributed by atoms with Crippen molar-refractivity contribution in [3.63, 3.8) is 0 Å². The fraction of sp³-hybridized carbons (Fsp3) is 0.235. The van der Waals surface area contributed by atoms with E-state index in [-0.39, 0.29) is 11.6 Å². The number of hydrogen-bond acceptors (Lipinski definition) is 3. The van der Waals surface area contributed by atoms with Gasteiger partial charge in [-0.1, -0.05) is 17.7 Å². The van der Waals surface area contributed by atoms with Gasteiger partial charge in [0.15, 0.2) is 0 Å². The first-order valence-electron chi connectivity index (χ1n) is 7.12. The number of benzene rings is 1. The van der Waals surface area contributed by atoms with Crippen molar-refractivity contribution in [2.45, 2.75) is 26.3 Å². The van der Waals surface area contributed by atoms with Crippen LogP contribution in [0, 0.1) is 6.92 Å². The topological polar surface area (TPSA) is 47.8 Å². The number of nitrogens with zero attached hydrogens (tertiary/aromatic N) is 3. The van der Waals surface area contributed by atoms with Gasteiger partial charge in [0.1, 0.15) is 0 Å². The van der Waals surface area contributed by atoms with Crippen molar-refractivity contribution >= 4 is 22.5 Å². The first-order valence-corrected chi connectivity index (χ1v) is 7.50. The molecule has 0 fully saturated rings. The summed E-state index contributed by atoms with van der Waals surface area (Å²) in [4.78, 5) is 21.3. The highest BCUT2D eigenvalue weighted by atomic mass is 35.5. The summed E-state index contributed by atoms with van der Waals surface area (Å²) in [6.07, 6.45) is 5.90. The lowest BCUT2D eigenvalue weighted by Gasteiger charge is -2.15. The Morgan fingerprint density at radius 1 is 1.36 bits per heavy atom. The van der Waals surface area contributed by atoms with Gasteiger partial charge in [0.2, 0.25) is 0 Å². The Hall–Kier alpha value is -2.20. The SMILES string of the molecule is Cc1cc(Cl)cc2c(=O)n([C@H](C)Cc3cccnc3)cnc12. The number of aromatic nitrogens is 3. The van der Waals surface area contributed by atoms with E-state index in [0.717, 1.165) is 17.5 Å². The van der Waals surface area contributed by atoms with Crippen molar-refractivity contribution < 1.29 is 0 Å². The Balaban J connectivity index is 2.04. The molecule has 3 rings (SSSR count). The van der Waals surface area contributed by atoms with E-state index in [2.05, 4.69) is 9.97 Å². The van der Waals surface area contributed by atoms with Crippen LogP contribution in [0.15, 0.2) is 47.8 Å². The fourth-order valence-electron chi connectivity index (χ4n) is 2.65. The van der Waals surface area contributed by atoms with Crippen LogP contribution < -0.4 is 5.56 Å². The average Bonchev–Trinajstić information content (AvgIpc) is 2.49. The maximum atomic E-state index is 12.7. The molecule has 2 heterocycles. The Morgan fingerprint density at radius 2 is 2.18 bits per heavy atom. The molecule has 3 aromatic rings. The van der Waals surface area contributed by atoms with Gasteiger partial charge in [0.05, 0.1) is 17.2 Å². The predicted octanol–water partition coefficient (Wildman–Crippen LogP) is 3.56. The van der Waals surface area contributed by atoms with E-state index in [0.29, 0.717) is 15.9 Å². The van der Waals surface area contributed by atoms with Crippen LogP contribution in [0.3, 0.4) is 0 Å². The molecule has 5 heteroatoms. The lowest BCUT2D eigenvalue weighted by atomic mass is 10.1. The number of fused-ring (bicyclic) bond motifs is 1. The van der Waals surface area contributed by atoms with Gasteiger partial charge in [0.25, 0.3) is 5.56 Å². The average molecular weight is 314 g/mol. The summed E-state index contributed by atoms with van der Waals surface area (Å²) in [6, 6.07) is 7.40. The molecule has 1 atom stereocenters. The lowest BCUT2D eigenvalue weighted by Crippen LogP contribution is -2.25. The number of rotatable bonds is 3. The minimum Gasteiger partial charge on any atom is -0.296 e. The zero-order chi connectivity index (χ0) is 15.7. The second kappa shape index (κ2) is 5.89. The van der Waals surface area contributed by atoms with Gasteiger partial charge in [0, 0.05) is 23.5 Å². The molecule has 22 heavy (non-hydrogen) atoms. The van der Waals surface area contributed by atoms with Crippen molar-refractivity contribution in [1.29, 1.82) is 0 Å². The van der Waals surface area contributed by atoms with Crippen LogP contribution in [0.4, 0.5) is 0 Å². The van der Waals surface area contributed by atoms with Crippen molar-refractivity contribution in [1.82, 2.24) is 14.5 Å². The minimum atomic E-state index is -0.0630. The number of halogens is 1. The van der Waals surface area contributed by atoms with E-state index < -0.39 is 0 Å². The van der Waals surface area contributed by atoms with Crippen LogP contribution in [0.5, 0.6) is 0 Å². The number of hydrogen-bond donors (Lipinski definition) is 0. The third-order valence-corrected chi connectivity index (χ3v) is 3.99. The van der Waals surface area contributed by atoms with Crippen LogP contribution in [-0.2, 0) is 6.42 Å². The standard InChI is InChI=1S/C17H16ClN3O/c1-11-6-14(18)8-15-16(11)20-10-21(17(15)22)12(2)7-13-4-3-5-19-9-13/h3-6,8-10,12H,7H2,1-2H3/t12-/m1/s1. The minimum absolute atomic E-state index is 0.00659. The van der Waals surface area contributed by atoms with E-state index in [1.165, 1.54) is 0 Å².